The zero-order valence-electron chi connectivity index (χ0n) is 11.2. The van der Waals surface area contributed by atoms with Crippen molar-refractivity contribution in [3.63, 3.8) is 0 Å². The van der Waals surface area contributed by atoms with E-state index in [1.165, 1.54) is 0 Å². The predicted octanol–water partition coefficient (Wildman–Crippen LogP) is 1.45. The van der Waals surface area contributed by atoms with Crippen molar-refractivity contribution in [1.82, 2.24) is 14.5 Å². The largest absolute Gasteiger partial charge is 0.481 e. The highest BCUT2D eigenvalue weighted by Crippen LogP contribution is 2.28. The number of hydrogen-bond donors (Lipinski definition) is 1. The van der Waals surface area contributed by atoms with Crippen LogP contribution in [0, 0.1) is 11.8 Å². The van der Waals surface area contributed by atoms with Crippen LogP contribution in [0.5, 0.6) is 0 Å². The molecule has 1 amide bonds. The molecule has 0 bridgehead atoms. The van der Waals surface area contributed by atoms with Crippen molar-refractivity contribution in [2.75, 3.05) is 13.1 Å². The second-order valence-electron chi connectivity index (χ2n) is 5.24. The van der Waals surface area contributed by atoms with Gasteiger partial charge in [-0.25, -0.2) is 0 Å². The molecule has 1 atom stereocenters. The first-order valence-corrected chi connectivity index (χ1v) is 7.03. The number of likely N-dealkylation sites (tertiary alicyclic amines) is 1. The minimum absolute atomic E-state index is 0.0461. The molecule has 1 aromatic heterocycles. The van der Waals surface area contributed by atoms with Crippen LogP contribution >= 0.6 is 11.5 Å². The van der Waals surface area contributed by atoms with Gasteiger partial charge >= 0.3 is 5.97 Å². The molecule has 0 aliphatic carbocycles. The predicted molar refractivity (Wildman–Crippen MR) is 70.2 cm³/mol. The van der Waals surface area contributed by atoms with E-state index in [1.54, 1.807) is 11.8 Å². The van der Waals surface area contributed by atoms with Gasteiger partial charge in [0.2, 0.25) is 0 Å². The van der Waals surface area contributed by atoms with Crippen LogP contribution in [0.3, 0.4) is 0 Å². The smallest absolute Gasteiger partial charge is 0.306 e. The topological polar surface area (TPSA) is 83.4 Å². The molecule has 1 saturated heterocycles. The summed E-state index contributed by atoms with van der Waals surface area (Å²) in [5.74, 6) is -1.09. The third-order valence-electron chi connectivity index (χ3n) is 3.55. The summed E-state index contributed by atoms with van der Waals surface area (Å²) in [6, 6.07) is 0. The van der Waals surface area contributed by atoms with Crippen LogP contribution < -0.4 is 0 Å². The Labute approximate surface area is 115 Å². The molecule has 1 fully saturated rings. The van der Waals surface area contributed by atoms with E-state index in [-0.39, 0.29) is 17.7 Å². The molecule has 6 nitrogen and oxygen atoms in total. The molecule has 19 heavy (non-hydrogen) atoms. The van der Waals surface area contributed by atoms with E-state index in [9.17, 15) is 9.59 Å². The van der Waals surface area contributed by atoms with Gasteiger partial charge in [0.15, 0.2) is 0 Å². The quantitative estimate of drug-likeness (QED) is 0.904. The molecular formula is C12H17N3O3S. The molecule has 1 aliphatic heterocycles. The maximum Gasteiger partial charge on any atom is 0.306 e. The van der Waals surface area contributed by atoms with Crippen molar-refractivity contribution < 1.29 is 14.7 Å². The Bertz CT molecular complexity index is 494. The summed E-state index contributed by atoms with van der Waals surface area (Å²) in [7, 11) is 0. The van der Waals surface area contributed by atoms with Gasteiger partial charge in [-0.2, -0.15) is 0 Å². The summed E-state index contributed by atoms with van der Waals surface area (Å²) in [5, 5.41) is 12.9. The van der Waals surface area contributed by atoms with Crippen LogP contribution in [0.4, 0.5) is 0 Å². The third-order valence-corrected chi connectivity index (χ3v) is 4.28. The Morgan fingerprint density at radius 3 is 2.53 bits per heavy atom. The molecule has 2 heterocycles. The highest BCUT2D eigenvalue weighted by Gasteiger charge is 2.38. The third kappa shape index (κ3) is 2.60. The Balaban J connectivity index is 2.00. The van der Waals surface area contributed by atoms with E-state index in [0.29, 0.717) is 18.0 Å². The first-order valence-electron chi connectivity index (χ1n) is 6.26. The van der Waals surface area contributed by atoms with Crippen molar-refractivity contribution >= 4 is 23.4 Å². The van der Waals surface area contributed by atoms with Crippen molar-refractivity contribution in [1.29, 1.82) is 0 Å². The number of carboxylic acid groups (broad SMARTS) is 1. The molecule has 0 radical (unpaired) electrons. The van der Waals surface area contributed by atoms with Gasteiger partial charge in [0.1, 0.15) is 4.88 Å². The van der Waals surface area contributed by atoms with Crippen LogP contribution in [0.25, 0.3) is 0 Å². The molecule has 0 saturated carbocycles. The number of carbonyl (C=O) groups excluding carboxylic acids is 1. The van der Waals surface area contributed by atoms with Crippen molar-refractivity contribution in [2.45, 2.75) is 26.7 Å². The number of amides is 1. The average molecular weight is 283 g/mol. The van der Waals surface area contributed by atoms with E-state index >= 15 is 0 Å². The van der Waals surface area contributed by atoms with Crippen LogP contribution in [-0.2, 0) is 4.79 Å². The highest BCUT2D eigenvalue weighted by atomic mass is 32.1. The van der Waals surface area contributed by atoms with Gasteiger partial charge in [-0.05, 0) is 17.5 Å². The number of aliphatic carboxylic acids is 1. The number of carbonyl (C=O) groups is 2. The second-order valence-corrected chi connectivity index (χ2v) is 5.99. The Morgan fingerprint density at radius 1 is 1.37 bits per heavy atom. The van der Waals surface area contributed by atoms with Gasteiger partial charge in [-0.3, -0.25) is 9.59 Å². The van der Waals surface area contributed by atoms with Gasteiger partial charge < -0.3 is 10.0 Å². The molecule has 0 spiro atoms. The van der Waals surface area contributed by atoms with Crippen LogP contribution in [0.1, 0.15) is 42.1 Å². The Morgan fingerprint density at radius 2 is 2.00 bits per heavy atom. The number of aromatic nitrogens is 2. The number of hydrogen-bond acceptors (Lipinski definition) is 5. The summed E-state index contributed by atoms with van der Waals surface area (Å²) in [4.78, 5) is 25.4. The lowest BCUT2D eigenvalue weighted by atomic mass is 9.87. The summed E-state index contributed by atoms with van der Waals surface area (Å²) in [6.07, 6.45) is 0. The van der Waals surface area contributed by atoms with Crippen LogP contribution in [-0.4, -0.2) is 44.6 Å². The fourth-order valence-corrected chi connectivity index (χ4v) is 2.85. The maximum absolute atomic E-state index is 12.3. The van der Waals surface area contributed by atoms with Gasteiger partial charge in [-0.15, -0.1) is 5.10 Å². The van der Waals surface area contributed by atoms with Crippen molar-refractivity contribution in [3.8, 4) is 0 Å². The number of rotatable bonds is 4. The zero-order chi connectivity index (χ0) is 14.2. The summed E-state index contributed by atoms with van der Waals surface area (Å²) >= 11 is 1.11. The molecular weight excluding hydrogens is 266 g/mol. The molecule has 1 aromatic rings. The van der Waals surface area contributed by atoms with E-state index in [4.69, 9.17) is 5.11 Å². The first kappa shape index (κ1) is 13.9. The van der Waals surface area contributed by atoms with Gasteiger partial charge in [0, 0.05) is 19.0 Å². The van der Waals surface area contributed by atoms with Gasteiger partial charge in [-0.1, -0.05) is 25.3 Å². The normalized spacial score (nSPS) is 17.4. The minimum atomic E-state index is -0.806. The van der Waals surface area contributed by atoms with Crippen molar-refractivity contribution in [2.24, 2.45) is 11.8 Å². The fraction of sp³-hybridized carbons (Fsp3) is 0.667. The van der Waals surface area contributed by atoms with E-state index in [2.05, 4.69) is 9.59 Å². The zero-order valence-corrected chi connectivity index (χ0v) is 12.0. The molecule has 1 unspecified atom stereocenters. The monoisotopic (exact) mass is 283 g/mol. The summed E-state index contributed by atoms with van der Waals surface area (Å²) in [6.45, 7) is 6.63. The molecule has 2 rings (SSSR count). The van der Waals surface area contributed by atoms with Crippen molar-refractivity contribution in [3.05, 3.63) is 10.6 Å². The van der Waals surface area contributed by atoms with Crippen LogP contribution in [0.15, 0.2) is 0 Å². The average Bonchev–Trinajstić information content (AvgIpc) is 2.75. The summed E-state index contributed by atoms with van der Waals surface area (Å²) < 4.78 is 3.84. The van der Waals surface area contributed by atoms with E-state index in [1.807, 2.05) is 13.8 Å². The van der Waals surface area contributed by atoms with Gasteiger partial charge in [0.05, 0.1) is 11.6 Å². The van der Waals surface area contributed by atoms with E-state index in [0.717, 1.165) is 17.2 Å². The Hall–Kier alpha value is -1.50. The lowest BCUT2D eigenvalue weighted by molar-refractivity contribution is -0.144. The lowest BCUT2D eigenvalue weighted by Crippen LogP contribution is -2.53. The second kappa shape index (κ2) is 5.24. The Kier molecular flexibility index (Phi) is 3.84. The molecule has 1 aliphatic rings. The summed E-state index contributed by atoms with van der Waals surface area (Å²) in [5.41, 5.74) is 0.727. The SMILES string of the molecule is CC(C)c1nnsc1C(=O)N1CC(C(C)C(=O)O)C1. The minimum Gasteiger partial charge on any atom is -0.481 e. The van der Waals surface area contributed by atoms with Crippen LogP contribution in [0.2, 0.25) is 0 Å². The molecule has 7 heteroatoms. The number of nitrogens with zero attached hydrogens (tertiary/aromatic N) is 3. The first-order chi connectivity index (χ1) is 8.91. The standard InChI is InChI=1S/C12H17N3O3S/c1-6(2)9-10(19-14-13-9)11(16)15-4-8(5-15)7(3)12(17)18/h6-8H,4-5H2,1-3H3,(H,17,18). The van der Waals surface area contributed by atoms with Gasteiger partial charge in [0.25, 0.3) is 5.91 Å². The molecule has 104 valence electrons. The molecule has 0 aromatic carbocycles. The highest BCUT2D eigenvalue weighted by molar-refractivity contribution is 7.08. The van der Waals surface area contributed by atoms with E-state index < -0.39 is 11.9 Å². The fourth-order valence-electron chi connectivity index (χ4n) is 2.06. The molecule has 1 N–H and O–H groups in total. The maximum atomic E-state index is 12.3. The number of carboxylic acids is 1. The lowest BCUT2D eigenvalue weighted by Gasteiger charge is -2.41.